The zero-order chi connectivity index (χ0) is 13.2. The number of hydrogen-bond donors (Lipinski definition) is 2. The average Bonchev–Trinajstić information content (AvgIpc) is 2.15. The van der Waals surface area contributed by atoms with Crippen molar-refractivity contribution in [3.8, 4) is 0 Å². The van der Waals surface area contributed by atoms with Gasteiger partial charge < -0.3 is 11.1 Å². The Morgan fingerprint density at radius 2 is 1.82 bits per heavy atom. The summed E-state index contributed by atoms with van der Waals surface area (Å²) in [6.45, 7) is 4.55. The molecule has 1 rings (SSSR count). The largest absolute Gasteiger partial charge is 0.348 e. The van der Waals surface area contributed by atoms with E-state index in [9.17, 15) is 13.6 Å². The number of carbonyl (C=O) groups excluding carboxylic acids is 1. The van der Waals surface area contributed by atoms with E-state index in [1.807, 2.05) is 0 Å². The van der Waals surface area contributed by atoms with Crippen LogP contribution in [0, 0.1) is 11.6 Å². The second-order valence-corrected chi connectivity index (χ2v) is 4.55. The molecule has 0 aliphatic carbocycles. The van der Waals surface area contributed by atoms with Gasteiger partial charge in [-0.25, -0.2) is 8.78 Å². The molecule has 1 amide bonds. The van der Waals surface area contributed by atoms with Crippen molar-refractivity contribution in [3.05, 3.63) is 35.4 Å². The highest BCUT2D eigenvalue weighted by Crippen LogP contribution is 2.20. The molecule has 0 fully saturated rings. The molecule has 0 radical (unpaired) electrons. The number of nitrogens with two attached hydrogens (primary N) is 1. The maximum absolute atomic E-state index is 13.4. The lowest BCUT2D eigenvalue weighted by molar-refractivity contribution is -0.125. The van der Waals surface area contributed by atoms with Gasteiger partial charge in [0.05, 0.1) is 11.6 Å². The molecule has 0 spiro atoms. The van der Waals surface area contributed by atoms with Crippen molar-refractivity contribution in [2.75, 3.05) is 0 Å². The quantitative estimate of drug-likeness (QED) is 0.850. The maximum Gasteiger partial charge on any atom is 0.239 e. The highest BCUT2D eigenvalue weighted by molar-refractivity contribution is 5.85. The van der Waals surface area contributed by atoms with Crippen LogP contribution in [0.2, 0.25) is 0 Å². The molecule has 1 aromatic rings. The fourth-order valence-electron chi connectivity index (χ4n) is 1.38. The second-order valence-electron chi connectivity index (χ2n) is 4.55. The highest BCUT2D eigenvalue weighted by Gasteiger charge is 2.25. The number of halogens is 2. The molecule has 0 aromatic heterocycles. The molecule has 1 aromatic carbocycles. The fourth-order valence-corrected chi connectivity index (χ4v) is 1.38. The number of carbonyl (C=O) groups is 1. The van der Waals surface area contributed by atoms with Gasteiger partial charge in [-0.15, -0.1) is 0 Å². The first-order valence-electron chi connectivity index (χ1n) is 5.27. The summed E-state index contributed by atoms with van der Waals surface area (Å²) in [6, 6.07) is 2.80. The summed E-state index contributed by atoms with van der Waals surface area (Å²) in [6.07, 6.45) is 0. The van der Waals surface area contributed by atoms with E-state index in [4.69, 9.17) is 5.73 Å². The van der Waals surface area contributed by atoms with Crippen LogP contribution in [-0.2, 0) is 4.79 Å². The van der Waals surface area contributed by atoms with E-state index in [1.165, 1.54) is 26.8 Å². The van der Waals surface area contributed by atoms with Crippen molar-refractivity contribution in [2.24, 2.45) is 5.73 Å². The molecular formula is C12H16F2N2O. The summed E-state index contributed by atoms with van der Waals surface area (Å²) in [7, 11) is 0. The monoisotopic (exact) mass is 242 g/mol. The Labute approximate surface area is 99.0 Å². The van der Waals surface area contributed by atoms with Gasteiger partial charge in [-0.05, 0) is 32.9 Å². The maximum atomic E-state index is 13.4. The normalized spacial score (nSPS) is 13.3. The van der Waals surface area contributed by atoms with Gasteiger partial charge in [-0.2, -0.15) is 0 Å². The van der Waals surface area contributed by atoms with Crippen LogP contribution in [0.3, 0.4) is 0 Å². The van der Waals surface area contributed by atoms with Crippen molar-refractivity contribution >= 4 is 5.91 Å². The van der Waals surface area contributed by atoms with Gasteiger partial charge in [0.1, 0.15) is 11.6 Å². The third-order valence-corrected chi connectivity index (χ3v) is 2.37. The molecule has 0 saturated carbocycles. The lowest BCUT2D eigenvalue weighted by atomic mass is 10.0. The summed E-state index contributed by atoms with van der Waals surface area (Å²) >= 11 is 0. The lowest BCUT2D eigenvalue weighted by Crippen LogP contribution is -2.49. The van der Waals surface area contributed by atoms with Crippen LogP contribution in [-0.4, -0.2) is 11.4 Å². The molecule has 3 nitrogen and oxygen atoms in total. The van der Waals surface area contributed by atoms with Crippen LogP contribution in [0.1, 0.15) is 32.4 Å². The van der Waals surface area contributed by atoms with Crippen molar-refractivity contribution in [2.45, 2.75) is 32.4 Å². The molecule has 0 aliphatic rings. The average molecular weight is 242 g/mol. The van der Waals surface area contributed by atoms with Crippen molar-refractivity contribution in [1.29, 1.82) is 0 Å². The zero-order valence-corrected chi connectivity index (χ0v) is 10.1. The van der Waals surface area contributed by atoms with E-state index in [-0.39, 0.29) is 5.56 Å². The topological polar surface area (TPSA) is 55.1 Å². The van der Waals surface area contributed by atoms with Crippen LogP contribution in [0.4, 0.5) is 8.78 Å². The zero-order valence-electron chi connectivity index (χ0n) is 10.1. The number of benzene rings is 1. The van der Waals surface area contributed by atoms with E-state index in [2.05, 4.69) is 5.32 Å². The molecule has 0 saturated heterocycles. The molecule has 0 aliphatic heterocycles. The van der Waals surface area contributed by atoms with Crippen LogP contribution >= 0.6 is 0 Å². The Hall–Kier alpha value is -1.49. The van der Waals surface area contributed by atoms with Crippen LogP contribution in [0.15, 0.2) is 18.2 Å². The van der Waals surface area contributed by atoms with E-state index >= 15 is 0 Å². The lowest BCUT2D eigenvalue weighted by Gasteiger charge is -2.22. The molecule has 0 heterocycles. The van der Waals surface area contributed by atoms with E-state index in [0.717, 1.165) is 12.1 Å². The summed E-state index contributed by atoms with van der Waals surface area (Å²) < 4.78 is 26.9. The summed E-state index contributed by atoms with van der Waals surface area (Å²) in [5.74, 6) is -1.84. The Kier molecular flexibility index (Phi) is 3.83. The minimum Gasteiger partial charge on any atom is -0.348 e. The van der Waals surface area contributed by atoms with Crippen molar-refractivity contribution < 1.29 is 13.6 Å². The highest BCUT2D eigenvalue weighted by atomic mass is 19.1. The minimum absolute atomic E-state index is 0.162. The molecule has 5 heteroatoms. The van der Waals surface area contributed by atoms with E-state index in [0.29, 0.717) is 0 Å². The molecule has 1 unspecified atom stereocenters. The van der Waals surface area contributed by atoms with Crippen LogP contribution in [0.25, 0.3) is 0 Å². The van der Waals surface area contributed by atoms with Crippen LogP contribution in [0.5, 0.6) is 0 Å². The second kappa shape index (κ2) is 4.79. The predicted molar refractivity (Wildman–Crippen MR) is 61.2 cm³/mol. The molecule has 3 N–H and O–H groups in total. The van der Waals surface area contributed by atoms with Crippen molar-refractivity contribution in [1.82, 2.24) is 5.32 Å². The van der Waals surface area contributed by atoms with Gasteiger partial charge in [-0.3, -0.25) is 4.79 Å². The Bertz CT molecular complexity index is 407. The SMILES string of the molecule is CC(NC(=O)C(C)(C)N)c1c(F)cccc1F. The van der Waals surface area contributed by atoms with Crippen molar-refractivity contribution in [3.63, 3.8) is 0 Å². The summed E-state index contributed by atoms with van der Waals surface area (Å²) in [5, 5.41) is 2.47. The number of amides is 1. The van der Waals surface area contributed by atoms with Gasteiger partial charge >= 0.3 is 0 Å². The Morgan fingerprint density at radius 3 is 2.24 bits per heavy atom. The van der Waals surface area contributed by atoms with Gasteiger partial charge in [-0.1, -0.05) is 6.07 Å². The molecule has 1 atom stereocenters. The first-order valence-corrected chi connectivity index (χ1v) is 5.27. The van der Waals surface area contributed by atoms with Crippen LogP contribution < -0.4 is 11.1 Å². The number of nitrogens with one attached hydrogen (secondary N) is 1. The Balaban J connectivity index is 2.91. The standard InChI is InChI=1S/C12H16F2N2O/c1-7(16-11(17)12(2,3)15)10-8(13)5-4-6-9(10)14/h4-7H,15H2,1-3H3,(H,16,17). The third kappa shape index (κ3) is 3.23. The van der Waals surface area contributed by atoms with Gasteiger partial charge in [0.2, 0.25) is 5.91 Å². The van der Waals surface area contributed by atoms with Gasteiger partial charge in [0.15, 0.2) is 0 Å². The summed E-state index contributed by atoms with van der Waals surface area (Å²) in [5.41, 5.74) is 4.33. The molecule has 94 valence electrons. The molecule has 17 heavy (non-hydrogen) atoms. The van der Waals surface area contributed by atoms with Gasteiger partial charge in [0.25, 0.3) is 0 Å². The molecular weight excluding hydrogens is 226 g/mol. The van der Waals surface area contributed by atoms with E-state index in [1.54, 1.807) is 0 Å². The van der Waals surface area contributed by atoms with E-state index < -0.39 is 29.1 Å². The number of rotatable bonds is 3. The smallest absolute Gasteiger partial charge is 0.239 e. The molecule has 0 bridgehead atoms. The fraction of sp³-hybridized carbons (Fsp3) is 0.417. The predicted octanol–water partition coefficient (Wildman–Crippen LogP) is 1.88. The summed E-state index contributed by atoms with van der Waals surface area (Å²) in [4.78, 5) is 11.6. The first kappa shape index (κ1) is 13.6. The number of hydrogen-bond acceptors (Lipinski definition) is 2. The first-order chi connectivity index (χ1) is 7.73. The minimum atomic E-state index is -1.09. The third-order valence-electron chi connectivity index (χ3n) is 2.37. The van der Waals surface area contributed by atoms with Gasteiger partial charge in [0, 0.05) is 5.56 Å². The Morgan fingerprint density at radius 1 is 1.35 bits per heavy atom.